The first kappa shape index (κ1) is 17.2. The van der Waals surface area contributed by atoms with Crippen LogP contribution in [0.1, 0.15) is 19.3 Å². The summed E-state index contributed by atoms with van der Waals surface area (Å²) in [5, 5.41) is 11.9. The largest absolute Gasteiger partial charge is 0.504 e. The molecular formula is C17H23N2O4P. The van der Waals surface area contributed by atoms with Gasteiger partial charge in [-0.2, -0.15) is 0 Å². The standard InChI is InChI=1S/C17H23N2O4P/c1-23-16-11-14-13(10-15(16)20)2-6-18-17(14)19-7-3-12(4-8-19)5-9-24(21)22/h2,6,10-12,20-22H,3-5,7-9H2,1H3. The summed E-state index contributed by atoms with van der Waals surface area (Å²) in [4.78, 5) is 24.9. The number of phenols is 1. The number of rotatable bonds is 5. The van der Waals surface area contributed by atoms with Crippen LogP contribution in [0.3, 0.4) is 0 Å². The number of ether oxygens (including phenoxy) is 1. The lowest BCUT2D eigenvalue weighted by Gasteiger charge is -2.33. The first-order valence-electron chi connectivity index (χ1n) is 8.14. The summed E-state index contributed by atoms with van der Waals surface area (Å²) >= 11 is 0. The van der Waals surface area contributed by atoms with E-state index in [4.69, 9.17) is 14.5 Å². The molecule has 0 bridgehead atoms. The average Bonchev–Trinajstić information content (AvgIpc) is 2.59. The Labute approximate surface area is 142 Å². The van der Waals surface area contributed by atoms with Gasteiger partial charge in [-0.15, -0.1) is 0 Å². The van der Waals surface area contributed by atoms with Gasteiger partial charge in [-0.25, -0.2) is 4.98 Å². The molecular weight excluding hydrogens is 327 g/mol. The van der Waals surface area contributed by atoms with Gasteiger partial charge in [-0.3, -0.25) is 0 Å². The van der Waals surface area contributed by atoms with E-state index in [1.807, 2.05) is 12.1 Å². The van der Waals surface area contributed by atoms with E-state index in [1.54, 1.807) is 19.4 Å². The predicted octanol–water partition coefficient (Wildman–Crippen LogP) is 2.85. The first-order valence-corrected chi connectivity index (χ1v) is 9.57. The fourth-order valence-corrected chi connectivity index (χ4v) is 3.92. The van der Waals surface area contributed by atoms with Crippen molar-refractivity contribution in [3.05, 3.63) is 24.4 Å². The lowest BCUT2D eigenvalue weighted by molar-refractivity contribution is 0.374. The molecule has 0 amide bonds. The number of anilines is 1. The van der Waals surface area contributed by atoms with Crippen LogP contribution >= 0.6 is 8.38 Å². The molecule has 0 unspecified atom stereocenters. The molecule has 24 heavy (non-hydrogen) atoms. The zero-order chi connectivity index (χ0) is 17.1. The fourth-order valence-electron chi connectivity index (χ4n) is 3.32. The van der Waals surface area contributed by atoms with Gasteiger partial charge in [0, 0.05) is 30.8 Å². The van der Waals surface area contributed by atoms with Gasteiger partial charge < -0.3 is 24.5 Å². The SMILES string of the molecule is COc1cc2c(N3CCC(CCP(O)O)CC3)nccc2cc1O. The number of hydrogen-bond donors (Lipinski definition) is 3. The summed E-state index contributed by atoms with van der Waals surface area (Å²) in [5.41, 5.74) is 0. The monoisotopic (exact) mass is 350 g/mol. The van der Waals surface area contributed by atoms with Crippen molar-refractivity contribution >= 4 is 25.0 Å². The minimum atomic E-state index is -1.78. The van der Waals surface area contributed by atoms with E-state index >= 15 is 0 Å². The third-order valence-electron chi connectivity index (χ3n) is 4.69. The molecule has 1 aromatic heterocycles. The highest BCUT2D eigenvalue weighted by molar-refractivity contribution is 7.45. The number of piperidine rings is 1. The zero-order valence-electron chi connectivity index (χ0n) is 13.7. The van der Waals surface area contributed by atoms with Crippen LogP contribution in [0.4, 0.5) is 5.82 Å². The summed E-state index contributed by atoms with van der Waals surface area (Å²) in [6.45, 7) is 1.80. The van der Waals surface area contributed by atoms with Gasteiger partial charge in [-0.1, -0.05) is 0 Å². The van der Waals surface area contributed by atoms with Crippen LogP contribution in [0.15, 0.2) is 24.4 Å². The van der Waals surface area contributed by atoms with Crippen LogP contribution in [0.2, 0.25) is 0 Å². The van der Waals surface area contributed by atoms with Gasteiger partial charge >= 0.3 is 0 Å². The summed E-state index contributed by atoms with van der Waals surface area (Å²) in [7, 11) is -0.235. The van der Waals surface area contributed by atoms with Crippen molar-refractivity contribution in [2.24, 2.45) is 5.92 Å². The summed E-state index contributed by atoms with van der Waals surface area (Å²) in [6, 6.07) is 5.43. The molecule has 0 aliphatic carbocycles. The lowest BCUT2D eigenvalue weighted by atomic mass is 9.94. The highest BCUT2D eigenvalue weighted by Crippen LogP contribution is 2.36. The smallest absolute Gasteiger partial charge is 0.164 e. The number of pyridine rings is 1. The van der Waals surface area contributed by atoms with Crippen molar-refractivity contribution in [1.82, 2.24) is 4.98 Å². The lowest BCUT2D eigenvalue weighted by Crippen LogP contribution is -2.34. The Balaban J connectivity index is 1.78. The van der Waals surface area contributed by atoms with Crippen LogP contribution in [0, 0.1) is 5.92 Å². The second-order valence-electron chi connectivity index (χ2n) is 6.19. The Morgan fingerprint density at radius 2 is 2.04 bits per heavy atom. The Morgan fingerprint density at radius 1 is 1.29 bits per heavy atom. The van der Waals surface area contributed by atoms with Crippen LogP contribution in [0.25, 0.3) is 10.8 Å². The molecule has 1 aliphatic heterocycles. The van der Waals surface area contributed by atoms with E-state index in [0.29, 0.717) is 17.8 Å². The number of nitrogens with zero attached hydrogens (tertiary/aromatic N) is 2. The van der Waals surface area contributed by atoms with E-state index < -0.39 is 8.38 Å². The molecule has 1 saturated heterocycles. The Morgan fingerprint density at radius 3 is 2.71 bits per heavy atom. The van der Waals surface area contributed by atoms with Gasteiger partial charge in [0.25, 0.3) is 0 Å². The second-order valence-corrected chi connectivity index (χ2v) is 7.39. The maximum absolute atomic E-state index is 9.95. The van der Waals surface area contributed by atoms with Gasteiger partial charge in [-0.05, 0) is 48.8 Å². The van der Waals surface area contributed by atoms with Crippen molar-refractivity contribution in [2.45, 2.75) is 19.3 Å². The molecule has 0 atom stereocenters. The highest BCUT2D eigenvalue weighted by atomic mass is 31.2. The van der Waals surface area contributed by atoms with Gasteiger partial charge in [0.05, 0.1) is 7.11 Å². The molecule has 1 fully saturated rings. The summed E-state index contributed by atoms with van der Waals surface area (Å²) in [6.07, 6.45) is 5.19. The van der Waals surface area contributed by atoms with E-state index in [0.717, 1.165) is 48.9 Å². The molecule has 0 saturated carbocycles. The van der Waals surface area contributed by atoms with Crippen molar-refractivity contribution in [3.63, 3.8) is 0 Å². The number of benzene rings is 1. The van der Waals surface area contributed by atoms with E-state index in [2.05, 4.69) is 9.88 Å². The molecule has 3 rings (SSSR count). The zero-order valence-corrected chi connectivity index (χ0v) is 14.6. The number of phenolic OH excluding ortho intramolecular Hbond substituents is 1. The molecule has 1 aliphatic rings. The van der Waals surface area contributed by atoms with E-state index in [-0.39, 0.29) is 5.75 Å². The van der Waals surface area contributed by atoms with Crippen LogP contribution in [-0.4, -0.2) is 46.2 Å². The molecule has 7 heteroatoms. The van der Waals surface area contributed by atoms with Crippen molar-refractivity contribution in [3.8, 4) is 11.5 Å². The predicted molar refractivity (Wildman–Crippen MR) is 95.7 cm³/mol. The average molecular weight is 350 g/mol. The molecule has 130 valence electrons. The third kappa shape index (κ3) is 3.72. The van der Waals surface area contributed by atoms with Gasteiger partial charge in [0.1, 0.15) is 5.82 Å². The molecule has 1 aromatic carbocycles. The Bertz CT molecular complexity index is 702. The quantitative estimate of drug-likeness (QED) is 0.719. The highest BCUT2D eigenvalue weighted by Gasteiger charge is 2.22. The van der Waals surface area contributed by atoms with Crippen molar-refractivity contribution in [1.29, 1.82) is 0 Å². The summed E-state index contributed by atoms with van der Waals surface area (Å²) < 4.78 is 5.22. The number of aromatic nitrogens is 1. The minimum absolute atomic E-state index is 0.130. The Kier molecular flexibility index (Phi) is 5.39. The maximum Gasteiger partial charge on any atom is 0.164 e. The normalized spacial score (nSPS) is 16.1. The van der Waals surface area contributed by atoms with E-state index in [9.17, 15) is 5.11 Å². The Hall–Kier alpha value is -1.62. The maximum atomic E-state index is 9.95. The first-order chi connectivity index (χ1) is 11.6. The van der Waals surface area contributed by atoms with E-state index in [1.165, 1.54) is 0 Å². The van der Waals surface area contributed by atoms with Crippen molar-refractivity contribution in [2.75, 3.05) is 31.3 Å². The number of hydrogen-bond acceptors (Lipinski definition) is 6. The third-order valence-corrected chi connectivity index (χ3v) is 5.35. The number of methoxy groups -OCH3 is 1. The minimum Gasteiger partial charge on any atom is -0.504 e. The fraction of sp³-hybridized carbons (Fsp3) is 0.471. The van der Waals surface area contributed by atoms with Gasteiger partial charge in [0.15, 0.2) is 19.9 Å². The van der Waals surface area contributed by atoms with Gasteiger partial charge in [0.2, 0.25) is 0 Å². The topological polar surface area (TPSA) is 86.1 Å². The molecule has 2 heterocycles. The number of fused-ring (bicyclic) bond motifs is 1. The van der Waals surface area contributed by atoms with Crippen molar-refractivity contribution < 1.29 is 19.6 Å². The van der Waals surface area contributed by atoms with Crippen LogP contribution in [-0.2, 0) is 0 Å². The molecule has 0 radical (unpaired) electrons. The second kappa shape index (κ2) is 7.51. The molecule has 0 spiro atoms. The van der Waals surface area contributed by atoms with Crippen LogP contribution < -0.4 is 9.64 Å². The summed E-state index contributed by atoms with van der Waals surface area (Å²) in [5.74, 6) is 2.03. The number of aromatic hydroxyl groups is 1. The molecule has 6 nitrogen and oxygen atoms in total. The molecule has 3 N–H and O–H groups in total. The molecule has 2 aromatic rings. The van der Waals surface area contributed by atoms with Crippen LogP contribution in [0.5, 0.6) is 11.5 Å².